The molecule has 0 saturated carbocycles. The molecule has 0 aromatic heterocycles. The van der Waals surface area contributed by atoms with Crippen LogP contribution < -0.4 is 5.32 Å². The van der Waals surface area contributed by atoms with Crippen molar-refractivity contribution in [1.29, 1.82) is 0 Å². The van der Waals surface area contributed by atoms with E-state index >= 15 is 0 Å². The van der Waals surface area contributed by atoms with Crippen molar-refractivity contribution in [1.82, 2.24) is 4.90 Å². The number of nitrogens with zero attached hydrogens (tertiary/aromatic N) is 2. The van der Waals surface area contributed by atoms with Gasteiger partial charge >= 0.3 is 0 Å². The number of carbonyl (C=O) groups excluding carboxylic acids is 2. The molecular formula is C21H22ClN3O3S. The lowest BCUT2D eigenvalue weighted by atomic mass is 10.2. The van der Waals surface area contributed by atoms with Crippen LogP contribution in [-0.2, 0) is 14.3 Å². The van der Waals surface area contributed by atoms with Crippen LogP contribution in [0.25, 0.3) is 0 Å². The van der Waals surface area contributed by atoms with Gasteiger partial charge in [-0.2, -0.15) is 0 Å². The lowest BCUT2D eigenvalue weighted by Crippen LogP contribution is -2.34. The number of carbonyl (C=O) groups is 2. The summed E-state index contributed by atoms with van der Waals surface area (Å²) in [6.45, 7) is 1.05. The molecule has 0 radical (unpaired) electrons. The van der Waals surface area contributed by atoms with Crippen LogP contribution in [0, 0.1) is 0 Å². The summed E-state index contributed by atoms with van der Waals surface area (Å²) in [6.07, 6.45) is 0.765. The van der Waals surface area contributed by atoms with E-state index in [2.05, 4.69) is 10.3 Å². The van der Waals surface area contributed by atoms with Crippen molar-refractivity contribution in [2.24, 2.45) is 4.99 Å². The SMILES string of the molecule is COCCCN1C(=O)[C@H](CC(=O)Nc2ccc(Cl)cc2)SC1=Nc1ccccc1. The Hall–Kier alpha value is -2.35. The molecule has 2 amide bonds. The number of rotatable bonds is 8. The van der Waals surface area contributed by atoms with Crippen molar-refractivity contribution >= 4 is 51.7 Å². The van der Waals surface area contributed by atoms with Crippen LogP contribution in [0.4, 0.5) is 11.4 Å². The average molecular weight is 432 g/mol. The molecule has 0 aliphatic carbocycles. The van der Waals surface area contributed by atoms with Crippen LogP contribution >= 0.6 is 23.4 Å². The number of halogens is 1. The molecule has 0 unspecified atom stereocenters. The molecule has 2 aromatic carbocycles. The Labute approximate surface area is 179 Å². The number of para-hydroxylation sites is 1. The molecule has 8 heteroatoms. The lowest BCUT2D eigenvalue weighted by molar-refractivity contribution is -0.128. The number of amides is 2. The topological polar surface area (TPSA) is 71.0 Å². The summed E-state index contributed by atoms with van der Waals surface area (Å²) in [5.74, 6) is -0.331. The third-order valence-corrected chi connectivity index (χ3v) is 5.66. The van der Waals surface area contributed by atoms with Gasteiger partial charge in [-0.05, 0) is 42.8 Å². The maximum atomic E-state index is 12.9. The molecule has 1 aliphatic rings. The van der Waals surface area contributed by atoms with E-state index < -0.39 is 5.25 Å². The van der Waals surface area contributed by atoms with E-state index in [1.54, 1.807) is 36.3 Å². The highest BCUT2D eigenvalue weighted by molar-refractivity contribution is 8.15. The van der Waals surface area contributed by atoms with E-state index in [0.717, 1.165) is 5.69 Å². The summed E-state index contributed by atoms with van der Waals surface area (Å²) >= 11 is 7.19. The predicted octanol–water partition coefficient (Wildman–Crippen LogP) is 4.34. The largest absolute Gasteiger partial charge is 0.385 e. The first-order chi connectivity index (χ1) is 14.1. The first kappa shape index (κ1) is 21.4. The summed E-state index contributed by atoms with van der Waals surface area (Å²) in [5, 5.41) is 3.51. The number of methoxy groups -OCH3 is 1. The van der Waals surface area contributed by atoms with Gasteiger partial charge in [-0.3, -0.25) is 14.5 Å². The number of amidine groups is 1. The third-order valence-electron chi connectivity index (χ3n) is 4.23. The summed E-state index contributed by atoms with van der Waals surface area (Å²) in [6, 6.07) is 16.3. The zero-order chi connectivity index (χ0) is 20.6. The highest BCUT2D eigenvalue weighted by atomic mass is 35.5. The normalized spacial score (nSPS) is 17.7. The van der Waals surface area contributed by atoms with Gasteiger partial charge < -0.3 is 10.1 Å². The van der Waals surface area contributed by atoms with Crippen molar-refractivity contribution in [2.45, 2.75) is 18.1 Å². The molecule has 1 aliphatic heterocycles. The minimum Gasteiger partial charge on any atom is -0.385 e. The van der Waals surface area contributed by atoms with Crippen LogP contribution in [0.15, 0.2) is 59.6 Å². The van der Waals surface area contributed by atoms with E-state index in [0.29, 0.717) is 35.5 Å². The minimum absolute atomic E-state index is 0.0702. The summed E-state index contributed by atoms with van der Waals surface area (Å²) in [7, 11) is 1.63. The first-order valence-electron chi connectivity index (χ1n) is 9.23. The van der Waals surface area contributed by atoms with E-state index in [-0.39, 0.29) is 18.2 Å². The second-order valence-electron chi connectivity index (χ2n) is 6.43. The van der Waals surface area contributed by atoms with Gasteiger partial charge in [0.1, 0.15) is 5.25 Å². The Morgan fingerprint density at radius 3 is 2.62 bits per heavy atom. The fraction of sp³-hybridized carbons (Fsp3) is 0.286. The number of aliphatic imine (C=N–C) groups is 1. The van der Waals surface area contributed by atoms with Gasteiger partial charge in [0.15, 0.2) is 5.17 Å². The smallest absolute Gasteiger partial charge is 0.242 e. The molecule has 1 heterocycles. The quantitative estimate of drug-likeness (QED) is 0.631. The Kier molecular flexibility index (Phi) is 7.69. The fourth-order valence-corrected chi connectivity index (χ4v) is 4.13. The summed E-state index contributed by atoms with van der Waals surface area (Å²) < 4.78 is 5.10. The zero-order valence-corrected chi connectivity index (χ0v) is 17.6. The van der Waals surface area contributed by atoms with E-state index in [9.17, 15) is 9.59 Å². The maximum Gasteiger partial charge on any atom is 0.242 e. The van der Waals surface area contributed by atoms with Gasteiger partial charge in [-0.15, -0.1) is 0 Å². The van der Waals surface area contributed by atoms with Gasteiger partial charge in [0.2, 0.25) is 11.8 Å². The summed E-state index contributed by atoms with van der Waals surface area (Å²) in [4.78, 5) is 31.6. The van der Waals surface area contributed by atoms with Crippen LogP contribution in [0.3, 0.4) is 0 Å². The van der Waals surface area contributed by atoms with Crippen LogP contribution in [0.5, 0.6) is 0 Å². The number of anilines is 1. The Balaban J connectivity index is 1.70. The molecule has 1 atom stereocenters. The molecule has 6 nitrogen and oxygen atoms in total. The first-order valence-corrected chi connectivity index (χ1v) is 10.5. The molecule has 3 rings (SSSR count). The van der Waals surface area contributed by atoms with Gasteiger partial charge in [-0.25, -0.2) is 4.99 Å². The Bertz CT molecular complexity index is 874. The predicted molar refractivity (Wildman–Crippen MR) is 118 cm³/mol. The Morgan fingerprint density at radius 1 is 1.21 bits per heavy atom. The zero-order valence-electron chi connectivity index (χ0n) is 16.0. The van der Waals surface area contributed by atoms with Crippen LogP contribution in [-0.4, -0.2) is 47.4 Å². The van der Waals surface area contributed by atoms with Crippen LogP contribution in [0.2, 0.25) is 5.02 Å². The molecule has 0 bridgehead atoms. The number of hydrogen-bond acceptors (Lipinski definition) is 5. The van der Waals surface area contributed by atoms with Gasteiger partial charge in [0.25, 0.3) is 0 Å². The van der Waals surface area contributed by atoms with Gasteiger partial charge in [-0.1, -0.05) is 41.6 Å². The summed E-state index contributed by atoms with van der Waals surface area (Å²) in [5.41, 5.74) is 1.41. The number of hydrogen-bond donors (Lipinski definition) is 1. The van der Waals surface area contributed by atoms with E-state index in [1.165, 1.54) is 11.8 Å². The van der Waals surface area contributed by atoms with Gasteiger partial charge in [0, 0.05) is 37.4 Å². The van der Waals surface area contributed by atoms with Crippen molar-refractivity contribution < 1.29 is 14.3 Å². The van der Waals surface area contributed by atoms with Crippen LogP contribution in [0.1, 0.15) is 12.8 Å². The number of thioether (sulfide) groups is 1. The minimum atomic E-state index is -0.507. The Morgan fingerprint density at radius 2 is 1.93 bits per heavy atom. The molecule has 1 saturated heterocycles. The van der Waals surface area contributed by atoms with Crippen molar-refractivity contribution in [3.05, 3.63) is 59.6 Å². The molecule has 152 valence electrons. The van der Waals surface area contributed by atoms with Crippen molar-refractivity contribution in [2.75, 3.05) is 25.6 Å². The van der Waals surface area contributed by atoms with Crippen molar-refractivity contribution in [3.63, 3.8) is 0 Å². The standard InChI is InChI=1S/C21H22ClN3O3S/c1-28-13-5-12-25-20(27)18(29-21(25)24-16-6-3-2-4-7-16)14-19(26)23-17-10-8-15(22)9-11-17/h2-4,6-11,18H,5,12-14H2,1H3,(H,23,26)/t18-/m0/s1. The number of ether oxygens (including phenoxy) is 1. The molecular weight excluding hydrogens is 410 g/mol. The molecule has 2 aromatic rings. The molecule has 0 spiro atoms. The average Bonchev–Trinajstić information content (AvgIpc) is 2.99. The molecule has 29 heavy (non-hydrogen) atoms. The van der Waals surface area contributed by atoms with E-state index in [1.807, 2.05) is 30.3 Å². The van der Waals surface area contributed by atoms with Gasteiger partial charge in [0.05, 0.1) is 5.69 Å². The van der Waals surface area contributed by atoms with Crippen molar-refractivity contribution in [3.8, 4) is 0 Å². The lowest BCUT2D eigenvalue weighted by Gasteiger charge is -2.16. The second-order valence-corrected chi connectivity index (χ2v) is 8.04. The monoisotopic (exact) mass is 431 g/mol. The molecule has 1 N–H and O–H groups in total. The third kappa shape index (κ3) is 6.06. The maximum absolute atomic E-state index is 12.9. The number of nitrogens with one attached hydrogen (secondary N) is 1. The van der Waals surface area contributed by atoms with E-state index in [4.69, 9.17) is 16.3 Å². The highest BCUT2D eigenvalue weighted by Crippen LogP contribution is 2.32. The number of benzene rings is 2. The molecule has 1 fully saturated rings. The fourth-order valence-electron chi connectivity index (χ4n) is 2.82. The highest BCUT2D eigenvalue weighted by Gasteiger charge is 2.38. The second kappa shape index (κ2) is 10.4.